The summed E-state index contributed by atoms with van der Waals surface area (Å²) in [5.74, 6) is 0.685. The normalized spacial score (nSPS) is 14.9. The number of para-hydroxylation sites is 1. The van der Waals surface area contributed by atoms with Gasteiger partial charge in [0.25, 0.3) is 5.91 Å². The van der Waals surface area contributed by atoms with Crippen LogP contribution >= 0.6 is 15.9 Å². The topological polar surface area (TPSA) is 58.6 Å². The van der Waals surface area contributed by atoms with Gasteiger partial charge in [-0.2, -0.15) is 0 Å². The van der Waals surface area contributed by atoms with Crippen molar-refractivity contribution in [3.05, 3.63) is 64.1 Å². The van der Waals surface area contributed by atoms with Gasteiger partial charge < -0.3 is 15.0 Å². The number of hydrogen-bond donors (Lipinski definition) is 1. The molecule has 1 saturated carbocycles. The summed E-state index contributed by atoms with van der Waals surface area (Å²) < 4.78 is 6.90. The van der Waals surface area contributed by atoms with Crippen LogP contribution in [0.15, 0.2) is 53.0 Å². The molecule has 1 aliphatic rings. The van der Waals surface area contributed by atoms with E-state index < -0.39 is 6.04 Å². The van der Waals surface area contributed by atoms with Gasteiger partial charge >= 0.3 is 0 Å². The van der Waals surface area contributed by atoms with Gasteiger partial charge in [-0.1, -0.05) is 73.0 Å². The number of nitrogens with zero attached hydrogens (tertiary/aromatic N) is 1. The number of carbonyl (C=O) groups excluding carboxylic acids is 2. The van der Waals surface area contributed by atoms with Gasteiger partial charge in [0, 0.05) is 17.1 Å². The molecule has 2 amide bonds. The van der Waals surface area contributed by atoms with E-state index >= 15 is 0 Å². The molecule has 0 radical (unpaired) electrons. The molecule has 5 nitrogen and oxygen atoms in total. The van der Waals surface area contributed by atoms with Crippen molar-refractivity contribution in [2.24, 2.45) is 0 Å². The molecule has 0 saturated heterocycles. The Morgan fingerprint density at radius 2 is 1.72 bits per heavy atom. The minimum Gasteiger partial charge on any atom is -0.483 e. The Morgan fingerprint density at radius 3 is 2.38 bits per heavy atom. The average molecular weight is 501 g/mol. The molecule has 6 heteroatoms. The highest BCUT2D eigenvalue weighted by Gasteiger charge is 2.29. The second-order valence-corrected chi connectivity index (χ2v) is 9.71. The number of nitrogens with one attached hydrogen (secondary N) is 1. The minimum atomic E-state index is -0.587. The molecular weight excluding hydrogens is 468 g/mol. The number of halogens is 1. The van der Waals surface area contributed by atoms with Crippen LogP contribution in [0.3, 0.4) is 0 Å². The fourth-order valence-electron chi connectivity index (χ4n) is 4.07. The maximum Gasteiger partial charge on any atom is 0.261 e. The largest absolute Gasteiger partial charge is 0.483 e. The molecule has 0 spiro atoms. The summed E-state index contributed by atoms with van der Waals surface area (Å²) in [5, 5.41) is 3.13. The fourth-order valence-corrected chi connectivity index (χ4v) is 4.34. The second kappa shape index (κ2) is 11.5. The Labute approximate surface area is 199 Å². The Morgan fingerprint density at radius 1 is 1.06 bits per heavy atom. The molecule has 0 heterocycles. The van der Waals surface area contributed by atoms with E-state index in [0.717, 1.165) is 41.3 Å². The van der Waals surface area contributed by atoms with Crippen LogP contribution < -0.4 is 10.1 Å². The maximum absolute atomic E-state index is 13.3. The molecule has 0 aliphatic heterocycles. The van der Waals surface area contributed by atoms with Crippen molar-refractivity contribution < 1.29 is 14.3 Å². The molecule has 3 rings (SSSR count). The summed E-state index contributed by atoms with van der Waals surface area (Å²) in [6, 6.07) is 15.2. The van der Waals surface area contributed by atoms with Gasteiger partial charge in [-0.25, -0.2) is 0 Å². The number of benzene rings is 2. The third-order valence-electron chi connectivity index (χ3n) is 6.03. The number of hydrogen-bond acceptors (Lipinski definition) is 3. The lowest BCUT2D eigenvalue weighted by Crippen LogP contribution is -2.50. The van der Waals surface area contributed by atoms with Gasteiger partial charge in [-0.15, -0.1) is 0 Å². The SMILES string of the molecule is CC(C)c1ccccc1OCC(=O)N(Cc1ccc(Br)cc1)[C@H](C)C(=O)NC1CCCC1. The lowest BCUT2D eigenvalue weighted by Gasteiger charge is -2.30. The molecule has 172 valence electrons. The van der Waals surface area contributed by atoms with E-state index in [1.165, 1.54) is 0 Å². The first-order valence-corrected chi connectivity index (χ1v) is 12.2. The van der Waals surface area contributed by atoms with E-state index in [4.69, 9.17) is 4.74 Å². The molecule has 1 fully saturated rings. The molecule has 2 aromatic carbocycles. The predicted molar refractivity (Wildman–Crippen MR) is 131 cm³/mol. The van der Waals surface area contributed by atoms with Crippen molar-refractivity contribution in [1.82, 2.24) is 10.2 Å². The number of ether oxygens (including phenoxy) is 1. The summed E-state index contributed by atoms with van der Waals surface area (Å²) >= 11 is 3.45. The van der Waals surface area contributed by atoms with Crippen molar-refractivity contribution in [2.45, 2.75) is 71.0 Å². The van der Waals surface area contributed by atoms with Crippen molar-refractivity contribution >= 4 is 27.7 Å². The van der Waals surface area contributed by atoms with Gasteiger partial charge in [0.05, 0.1) is 0 Å². The first-order valence-electron chi connectivity index (χ1n) is 11.4. The lowest BCUT2D eigenvalue weighted by molar-refractivity contribution is -0.142. The van der Waals surface area contributed by atoms with Gasteiger partial charge in [-0.05, 0) is 55.0 Å². The molecule has 0 aromatic heterocycles. The standard InChI is InChI=1S/C26H33BrN2O3/c1-18(2)23-10-6-7-11-24(23)32-17-25(30)29(16-20-12-14-21(27)15-13-20)19(3)26(31)28-22-8-4-5-9-22/h6-7,10-15,18-19,22H,4-5,8-9,16-17H2,1-3H3,(H,28,31)/t19-/m1/s1. The minimum absolute atomic E-state index is 0.107. The van der Waals surface area contributed by atoms with Crippen molar-refractivity contribution in [2.75, 3.05) is 6.61 Å². The van der Waals surface area contributed by atoms with Crippen molar-refractivity contribution in [1.29, 1.82) is 0 Å². The zero-order chi connectivity index (χ0) is 23.1. The van der Waals surface area contributed by atoms with E-state index in [0.29, 0.717) is 12.3 Å². The third kappa shape index (κ3) is 6.58. The molecule has 1 N–H and O–H groups in total. The van der Waals surface area contributed by atoms with Crippen LogP contribution in [-0.4, -0.2) is 35.4 Å². The highest BCUT2D eigenvalue weighted by Crippen LogP contribution is 2.26. The average Bonchev–Trinajstić information content (AvgIpc) is 3.29. The monoisotopic (exact) mass is 500 g/mol. The molecule has 1 aliphatic carbocycles. The van der Waals surface area contributed by atoms with Crippen LogP contribution in [0.5, 0.6) is 5.75 Å². The summed E-state index contributed by atoms with van der Waals surface area (Å²) in [5.41, 5.74) is 2.02. The summed E-state index contributed by atoms with van der Waals surface area (Å²) in [6.07, 6.45) is 4.30. The van der Waals surface area contributed by atoms with Crippen LogP contribution in [0.4, 0.5) is 0 Å². The molecule has 32 heavy (non-hydrogen) atoms. The summed E-state index contributed by atoms with van der Waals surface area (Å²) in [4.78, 5) is 27.8. The third-order valence-corrected chi connectivity index (χ3v) is 6.56. The maximum atomic E-state index is 13.3. The molecule has 1 atom stereocenters. The quantitative estimate of drug-likeness (QED) is 0.499. The van der Waals surface area contributed by atoms with Crippen LogP contribution in [0.2, 0.25) is 0 Å². The van der Waals surface area contributed by atoms with Gasteiger partial charge in [0.15, 0.2) is 6.61 Å². The van der Waals surface area contributed by atoms with Crippen molar-refractivity contribution in [3.63, 3.8) is 0 Å². The first kappa shape index (κ1) is 24.3. The van der Waals surface area contributed by atoms with Crippen LogP contribution in [0, 0.1) is 0 Å². The highest BCUT2D eigenvalue weighted by molar-refractivity contribution is 9.10. The molecule has 2 aromatic rings. The second-order valence-electron chi connectivity index (χ2n) is 8.80. The van der Waals surface area contributed by atoms with Gasteiger partial charge in [-0.3, -0.25) is 9.59 Å². The Hall–Kier alpha value is -2.34. The van der Waals surface area contributed by atoms with E-state index in [9.17, 15) is 9.59 Å². The fraction of sp³-hybridized carbons (Fsp3) is 0.462. The zero-order valence-electron chi connectivity index (χ0n) is 19.1. The van der Waals surface area contributed by atoms with E-state index in [1.807, 2.05) is 48.5 Å². The summed E-state index contributed by atoms with van der Waals surface area (Å²) in [7, 11) is 0. The Balaban J connectivity index is 1.73. The lowest BCUT2D eigenvalue weighted by atomic mass is 10.0. The molecule has 0 bridgehead atoms. The first-order chi connectivity index (χ1) is 15.3. The van der Waals surface area contributed by atoms with Crippen molar-refractivity contribution in [3.8, 4) is 5.75 Å². The molecule has 0 unspecified atom stereocenters. The van der Waals surface area contributed by atoms with E-state index in [1.54, 1.807) is 11.8 Å². The predicted octanol–water partition coefficient (Wildman–Crippen LogP) is 5.43. The molecular formula is C26H33BrN2O3. The highest BCUT2D eigenvalue weighted by atomic mass is 79.9. The van der Waals surface area contributed by atoms with Gasteiger partial charge in [0.2, 0.25) is 5.91 Å². The summed E-state index contributed by atoms with van der Waals surface area (Å²) in [6.45, 7) is 6.23. The van der Waals surface area contributed by atoms with E-state index in [2.05, 4.69) is 35.1 Å². The number of carbonyl (C=O) groups is 2. The van der Waals surface area contributed by atoms with Crippen LogP contribution in [0.1, 0.15) is 63.5 Å². The Kier molecular flexibility index (Phi) is 8.74. The number of amides is 2. The van der Waals surface area contributed by atoms with E-state index in [-0.39, 0.29) is 30.4 Å². The zero-order valence-corrected chi connectivity index (χ0v) is 20.7. The number of rotatable bonds is 9. The van der Waals surface area contributed by atoms with Crippen LogP contribution in [-0.2, 0) is 16.1 Å². The van der Waals surface area contributed by atoms with Crippen LogP contribution in [0.25, 0.3) is 0 Å². The smallest absolute Gasteiger partial charge is 0.261 e. The van der Waals surface area contributed by atoms with Gasteiger partial charge in [0.1, 0.15) is 11.8 Å². The Bertz CT molecular complexity index is 908.